The number of benzene rings is 1. The van der Waals surface area contributed by atoms with Gasteiger partial charge in [0, 0.05) is 6.04 Å². The smallest absolute Gasteiger partial charge is 0.230 e. The minimum Gasteiger partial charge on any atom is -0.349 e. The van der Waals surface area contributed by atoms with Gasteiger partial charge in [-0.1, -0.05) is 30.0 Å². The molecule has 1 heterocycles. The maximum Gasteiger partial charge on any atom is 0.230 e. The monoisotopic (exact) mass is 332 g/mol. The molecule has 0 aliphatic heterocycles. The molecule has 5 nitrogen and oxygen atoms in total. The number of rotatable bonds is 6. The van der Waals surface area contributed by atoms with E-state index in [9.17, 15) is 4.79 Å². The Hall–Kier alpha value is -1.82. The van der Waals surface area contributed by atoms with Gasteiger partial charge < -0.3 is 9.88 Å². The first-order valence-corrected chi connectivity index (χ1v) is 8.76. The molecule has 1 aromatic carbocycles. The fourth-order valence-electron chi connectivity index (χ4n) is 2.22. The molecule has 1 aromatic heterocycles. The lowest BCUT2D eigenvalue weighted by Crippen LogP contribution is -2.28. The number of thioether (sulfide) groups is 1. The Morgan fingerprint density at radius 2 is 2.00 bits per heavy atom. The van der Waals surface area contributed by atoms with Crippen molar-refractivity contribution in [2.24, 2.45) is 0 Å². The molecule has 0 fully saturated rings. The van der Waals surface area contributed by atoms with Crippen LogP contribution in [0.25, 0.3) is 0 Å². The molecule has 0 spiro atoms. The van der Waals surface area contributed by atoms with Crippen molar-refractivity contribution in [3.05, 3.63) is 41.2 Å². The molecule has 0 saturated carbocycles. The van der Waals surface area contributed by atoms with Gasteiger partial charge in [0.2, 0.25) is 5.91 Å². The Balaban J connectivity index is 1.91. The van der Waals surface area contributed by atoms with Crippen LogP contribution in [0, 0.1) is 13.8 Å². The van der Waals surface area contributed by atoms with Gasteiger partial charge in [-0.15, -0.1) is 10.2 Å². The first-order valence-electron chi connectivity index (χ1n) is 7.77. The van der Waals surface area contributed by atoms with Crippen LogP contribution in [-0.4, -0.2) is 26.4 Å². The lowest BCUT2D eigenvalue weighted by molar-refractivity contribution is -0.119. The predicted octanol–water partition coefficient (Wildman–Crippen LogP) is 3.45. The van der Waals surface area contributed by atoms with Crippen molar-refractivity contribution in [3.63, 3.8) is 0 Å². The molecule has 124 valence electrons. The number of aryl methyl sites for hydroxylation is 2. The van der Waals surface area contributed by atoms with Crippen LogP contribution in [-0.2, 0) is 4.79 Å². The average Bonchev–Trinajstić information content (AvgIpc) is 2.96. The normalized spacial score (nSPS) is 12.4. The van der Waals surface area contributed by atoms with Gasteiger partial charge in [0.05, 0.1) is 11.8 Å². The Morgan fingerprint density at radius 3 is 2.65 bits per heavy atom. The van der Waals surface area contributed by atoms with Gasteiger partial charge in [0.15, 0.2) is 5.16 Å². The van der Waals surface area contributed by atoms with E-state index < -0.39 is 0 Å². The molecule has 1 atom stereocenters. The Morgan fingerprint density at radius 1 is 1.26 bits per heavy atom. The summed E-state index contributed by atoms with van der Waals surface area (Å²) < 4.78 is 1.96. The van der Waals surface area contributed by atoms with Crippen LogP contribution in [0.3, 0.4) is 0 Å². The summed E-state index contributed by atoms with van der Waals surface area (Å²) in [4.78, 5) is 12.2. The molecule has 0 radical (unpaired) electrons. The number of nitrogens with zero attached hydrogens (tertiary/aromatic N) is 3. The van der Waals surface area contributed by atoms with Crippen LogP contribution in [0.4, 0.5) is 0 Å². The fourth-order valence-corrected chi connectivity index (χ4v) is 3.08. The highest BCUT2D eigenvalue weighted by Crippen LogP contribution is 2.20. The average molecular weight is 332 g/mol. The van der Waals surface area contributed by atoms with Crippen molar-refractivity contribution < 1.29 is 4.79 Å². The van der Waals surface area contributed by atoms with Crippen molar-refractivity contribution in [2.75, 3.05) is 5.75 Å². The van der Waals surface area contributed by atoms with E-state index in [1.54, 1.807) is 6.33 Å². The van der Waals surface area contributed by atoms with E-state index in [-0.39, 0.29) is 18.0 Å². The van der Waals surface area contributed by atoms with E-state index in [1.807, 2.05) is 11.5 Å². The summed E-state index contributed by atoms with van der Waals surface area (Å²) in [6, 6.07) is 6.56. The number of hydrogen-bond donors (Lipinski definition) is 1. The molecule has 0 aliphatic carbocycles. The van der Waals surface area contributed by atoms with E-state index in [1.165, 1.54) is 22.9 Å². The standard InChI is InChI=1S/C17H24N4OS/c1-11(2)21-10-18-20-17(21)23-9-16(22)19-14(5)15-7-6-12(3)13(4)8-15/h6-8,10-11,14H,9H2,1-5H3,(H,19,22). The third kappa shape index (κ3) is 4.58. The van der Waals surface area contributed by atoms with Crippen LogP contribution in [0.1, 0.15) is 49.5 Å². The van der Waals surface area contributed by atoms with E-state index in [0.717, 1.165) is 10.7 Å². The van der Waals surface area contributed by atoms with Crippen molar-refractivity contribution in [3.8, 4) is 0 Å². The van der Waals surface area contributed by atoms with E-state index in [0.29, 0.717) is 5.75 Å². The minimum atomic E-state index is -0.00892. The number of carbonyl (C=O) groups is 1. The first-order chi connectivity index (χ1) is 10.9. The molecular weight excluding hydrogens is 308 g/mol. The fraction of sp³-hybridized carbons (Fsp3) is 0.471. The summed E-state index contributed by atoms with van der Waals surface area (Å²) in [5.41, 5.74) is 3.62. The largest absolute Gasteiger partial charge is 0.349 e. The van der Waals surface area contributed by atoms with Crippen molar-refractivity contribution in [1.29, 1.82) is 0 Å². The molecule has 0 saturated heterocycles. The second kappa shape index (κ2) is 7.64. The van der Waals surface area contributed by atoms with E-state index in [2.05, 4.69) is 61.4 Å². The summed E-state index contributed by atoms with van der Waals surface area (Å²) in [6.07, 6.45) is 1.70. The van der Waals surface area contributed by atoms with Gasteiger partial charge in [-0.05, 0) is 51.3 Å². The van der Waals surface area contributed by atoms with Crippen LogP contribution >= 0.6 is 11.8 Å². The third-order valence-electron chi connectivity index (χ3n) is 3.84. The molecule has 1 unspecified atom stereocenters. The molecule has 2 aromatic rings. The number of aromatic nitrogens is 3. The quantitative estimate of drug-likeness (QED) is 0.823. The molecule has 0 bridgehead atoms. The number of carbonyl (C=O) groups excluding carboxylic acids is 1. The van der Waals surface area contributed by atoms with Crippen molar-refractivity contribution >= 4 is 17.7 Å². The zero-order chi connectivity index (χ0) is 17.0. The van der Waals surface area contributed by atoms with Gasteiger partial charge in [-0.3, -0.25) is 4.79 Å². The van der Waals surface area contributed by atoms with Gasteiger partial charge >= 0.3 is 0 Å². The first kappa shape index (κ1) is 17.5. The van der Waals surface area contributed by atoms with Gasteiger partial charge in [-0.25, -0.2) is 0 Å². The summed E-state index contributed by atoms with van der Waals surface area (Å²) >= 11 is 1.41. The zero-order valence-electron chi connectivity index (χ0n) is 14.3. The van der Waals surface area contributed by atoms with Crippen LogP contribution in [0.2, 0.25) is 0 Å². The Bertz CT molecular complexity index is 681. The molecule has 0 aliphatic rings. The van der Waals surface area contributed by atoms with Crippen molar-refractivity contribution in [2.45, 2.75) is 51.9 Å². The van der Waals surface area contributed by atoms with Crippen LogP contribution in [0.5, 0.6) is 0 Å². The van der Waals surface area contributed by atoms with Crippen LogP contribution in [0.15, 0.2) is 29.7 Å². The van der Waals surface area contributed by atoms with E-state index >= 15 is 0 Å². The number of nitrogens with one attached hydrogen (secondary N) is 1. The zero-order valence-corrected chi connectivity index (χ0v) is 15.1. The Kier molecular flexibility index (Phi) is 5.82. The highest BCUT2D eigenvalue weighted by atomic mass is 32.2. The summed E-state index contributed by atoms with van der Waals surface area (Å²) in [7, 11) is 0. The molecule has 23 heavy (non-hydrogen) atoms. The predicted molar refractivity (Wildman–Crippen MR) is 93.6 cm³/mol. The highest BCUT2D eigenvalue weighted by Gasteiger charge is 2.13. The molecule has 2 rings (SSSR count). The molecular formula is C17H24N4OS. The Labute approximate surface area is 141 Å². The number of hydrogen-bond acceptors (Lipinski definition) is 4. The van der Waals surface area contributed by atoms with Crippen LogP contribution < -0.4 is 5.32 Å². The van der Waals surface area contributed by atoms with Gasteiger partial charge in [0.25, 0.3) is 0 Å². The lowest BCUT2D eigenvalue weighted by Gasteiger charge is -2.16. The number of amides is 1. The maximum atomic E-state index is 12.2. The third-order valence-corrected chi connectivity index (χ3v) is 4.79. The molecule has 6 heteroatoms. The summed E-state index contributed by atoms with van der Waals surface area (Å²) in [5, 5.41) is 11.8. The minimum absolute atomic E-state index is 0.000894. The topological polar surface area (TPSA) is 59.8 Å². The highest BCUT2D eigenvalue weighted by molar-refractivity contribution is 7.99. The maximum absolute atomic E-state index is 12.2. The summed E-state index contributed by atoms with van der Waals surface area (Å²) in [5.74, 6) is 0.333. The lowest BCUT2D eigenvalue weighted by atomic mass is 10.0. The molecule has 1 N–H and O–H groups in total. The second-order valence-electron chi connectivity index (χ2n) is 6.04. The van der Waals surface area contributed by atoms with Crippen molar-refractivity contribution in [1.82, 2.24) is 20.1 Å². The van der Waals surface area contributed by atoms with Gasteiger partial charge in [0.1, 0.15) is 6.33 Å². The van der Waals surface area contributed by atoms with Gasteiger partial charge in [-0.2, -0.15) is 0 Å². The summed E-state index contributed by atoms with van der Waals surface area (Å²) in [6.45, 7) is 10.3. The second-order valence-corrected chi connectivity index (χ2v) is 6.98. The van der Waals surface area contributed by atoms with E-state index in [4.69, 9.17) is 0 Å². The molecule has 1 amide bonds. The SMILES string of the molecule is Cc1ccc(C(C)NC(=O)CSc2nncn2C(C)C)cc1C.